The first-order valence-corrected chi connectivity index (χ1v) is 6.71. The third kappa shape index (κ3) is 3.25. The number of ether oxygens (including phenoxy) is 1. The molecule has 0 fully saturated rings. The van der Waals surface area contributed by atoms with Crippen molar-refractivity contribution in [3.8, 4) is 5.75 Å². The molecule has 1 atom stereocenters. The number of anilines is 1. The molecule has 0 spiro atoms. The summed E-state index contributed by atoms with van der Waals surface area (Å²) in [6.07, 6.45) is 2.40. The lowest BCUT2D eigenvalue weighted by Crippen LogP contribution is -2.24. The molecule has 0 aliphatic carbocycles. The summed E-state index contributed by atoms with van der Waals surface area (Å²) in [5.74, 6) is 0.248. The Morgan fingerprint density at radius 2 is 2.19 bits per heavy atom. The lowest BCUT2D eigenvalue weighted by Gasteiger charge is -2.17. The highest BCUT2D eigenvalue weighted by atomic mass is 35.5. The number of halogens is 1. The zero-order valence-electron chi connectivity index (χ0n) is 11.7. The van der Waals surface area contributed by atoms with Gasteiger partial charge in [-0.1, -0.05) is 11.6 Å². The molecular formula is C15H15ClN2O3. The summed E-state index contributed by atoms with van der Waals surface area (Å²) in [5.41, 5.74) is 0.928. The standard InChI is InChI=1S/C15H15ClN2O3/c1-10(18-7-3-4-12(18)9-19)15(20)17-13-8-11(16)5-6-14(13)21-2/h3-10H,1-2H3,(H,17,20). The summed E-state index contributed by atoms with van der Waals surface area (Å²) in [6.45, 7) is 1.71. The molecule has 1 heterocycles. The molecule has 1 N–H and O–H groups in total. The second-order valence-corrected chi connectivity index (χ2v) is 4.90. The molecule has 2 aromatic rings. The van der Waals surface area contributed by atoms with E-state index < -0.39 is 6.04 Å². The predicted octanol–water partition coefficient (Wildman–Crippen LogP) is 3.16. The van der Waals surface area contributed by atoms with Crippen molar-refractivity contribution in [2.75, 3.05) is 12.4 Å². The first-order chi connectivity index (χ1) is 10.1. The van der Waals surface area contributed by atoms with Gasteiger partial charge in [-0.2, -0.15) is 0 Å². The molecule has 1 unspecified atom stereocenters. The summed E-state index contributed by atoms with van der Waals surface area (Å²) in [6, 6.07) is 7.79. The van der Waals surface area contributed by atoms with E-state index in [-0.39, 0.29) is 5.91 Å². The van der Waals surface area contributed by atoms with E-state index in [1.54, 1.807) is 48.0 Å². The summed E-state index contributed by atoms with van der Waals surface area (Å²) in [4.78, 5) is 23.2. The van der Waals surface area contributed by atoms with Crippen molar-refractivity contribution in [2.24, 2.45) is 0 Å². The second kappa shape index (κ2) is 6.45. The molecule has 2 rings (SSSR count). The van der Waals surface area contributed by atoms with E-state index in [0.29, 0.717) is 28.4 Å². The summed E-state index contributed by atoms with van der Waals surface area (Å²) in [5, 5.41) is 3.25. The number of aromatic nitrogens is 1. The van der Waals surface area contributed by atoms with Crippen LogP contribution in [0.25, 0.3) is 0 Å². The second-order valence-electron chi connectivity index (χ2n) is 4.47. The molecule has 1 amide bonds. The molecule has 0 saturated carbocycles. The normalized spacial score (nSPS) is 11.8. The molecule has 0 aliphatic heterocycles. The summed E-state index contributed by atoms with van der Waals surface area (Å²) >= 11 is 5.93. The molecule has 0 aliphatic rings. The number of nitrogens with zero attached hydrogens (tertiary/aromatic N) is 1. The molecule has 0 bridgehead atoms. The Kier molecular flexibility index (Phi) is 4.65. The number of methoxy groups -OCH3 is 1. The zero-order chi connectivity index (χ0) is 15.4. The molecule has 5 nitrogen and oxygen atoms in total. The van der Waals surface area contributed by atoms with Crippen molar-refractivity contribution in [1.29, 1.82) is 0 Å². The van der Waals surface area contributed by atoms with Crippen molar-refractivity contribution in [3.05, 3.63) is 47.2 Å². The van der Waals surface area contributed by atoms with E-state index in [4.69, 9.17) is 16.3 Å². The summed E-state index contributed by atoms with van der Waals surface area (Å²) in [7, 11) is 1.51. The highest BCUT2D eigenvalue weighted by Gasteiger charge is 2.18. The minimum absolute atomic E-state index is 0.269. The third-order valence-electron chi connectivity index (χ3n) is 3.15. The quantitative estimate of drug-likeness (QED) is 0.863. The van der Waals surface area contributed by atoms with Gasteiger partial charge in [-0.25, -0.2) is 0 Å². The van der Waals surface area contributed by atoms with Gasteiger partial charge in [-0.05, 0) is 37.3 Å². The lowest BCUT2D eigenvalue weighted by atomic mass is 10.2. The minimum atomic E-state index is -0.538. The van der Waals surface area contributed by atoms with Crippen LogP contribution in [0, 0.1) is 0 Å². The Bertz CT molecular complexity index is 667. The van der Waals surface area contributed by atoms with Crippen LogP contribution in [0.3, 0.4) is 0 Å². The van der Waals surface area contributed by atoms with Crippen LogP contribution in [0.5, 0.6) is 5.75 Å². The van der Waals surface area contributed by atoms with E-state index in [0.717, 1.165) is 0 Å². The molecule has 21 heavy (non-hydrogen) atoms. The molecule has 110 valence electrons. The molecule has 1 aromatic carbocycles. The van der Waals surface area contributed by atoms with Gasteiger partial charge in [0, 0.05) is 11.2 Å². The molecule has 0 radical (unpaired) electrons. The van der Waals surface area contributed by atoms with E-state index in [9.17, 15) is 9.59 Å². The Labute approximate surface area is 127 Å². The minimum Gasteiger partial charge on any atom is -0.495 e. The van der Waals surface area contributed by atoms with Crippen molar-refractivity contribution in [2.45, 2.75) is 13.0 Å². The van der Waals surface area contributed by atoms with Gasteiger partial charge in [0.05, 0.1) is 18.5 Å². The van der Waals surface area contributed by atoms with Gasteiger partial charge in [0.2, 0.25) is 5.91 Å². The number of aldehydes is 1. The highest BCUT2D eigenvalue weighted by Crippen LogP contribution is 2.28. The van der Waals surface area contributed by atoms with Crippen LogP contribution in [-0.2, 0) is 4.79 Å². The van der Waals surface area contributed by atoms with E-state index in [2.05, 4.69) is 5.32 Å². The number of amides is 1. The van der Waals surface area contributed by atoms with Crippen LogP contribution in [-0.4, -0.2) is 23.9 Å². The fourth-order valence-corrected chi connectivity index (χ4v) is 2.17. The van der Waals surface area contributed by atoms with Crippen molar-refractivity contribution in [1.82, 2.24) is 4.57 Å². The maximum atomic E-state index is 12.3. The van der Waals surface area contributed by atoms with Gasteiger partial charge in [0.25, 0.3) is 0 Å². The number of hydrogen-bond acceptors (Lipinski definition) is 3. The van der Waals surface area contributed by atoms with E-state index in [1.807, 2.05) is 0 Å². The Hall–Kier alpha value is -2.27. The van der Waals surface area contributed by atoms with Crippen molar-refractivity contribution in [3.63, 3.8) is 0 Å². The molecule has 0 saturated heterocycles. The van der Waals surface area contributed by atoms with Crippen LogP contribution >= 0.6 is 11.6 Å². The highest BCUT2D eigenvalue weighted by molar-refractivity contribution is 6.31. The fraction of sp³-hybridized carbons (Fsp3) is 0.200. The maximum Gasteiger partial charge on any atom is 0.247 e. The van der Waals surface area contributed by atoms with Crippen molar-refractivity contribution >= 4 is 29.5 Å². The topological polar surface area (TPSA) is 60.3 Å². The van der Waals surface area contributed by atoms with Crippen molar-refractivity contribution < 1.29 is 14.3 Å². The monoisotopic (exact) mass is 306 g/mol. The van der Waals surface area contributed by atoms with Crippen LogP contribution in [0.4, 0.5) is 5.69 Å². The Balaban J connectivity index is 2.22. The number of rotatable bonds is 5. The van der Waals surface area contributed by atoms with Gasteiger partial charge < -0.3 is 14.6 Å². The molecular weight excluding hydrogens is 292 g/mol. The van der Waals surface area contributed by atoms with Gasteiger partial charge in [-0.15, -0.1) is 0 Å². The maximum absolute atomic E-state index is 12.3. The molecule has 1 aromatic heterocycles. The largest absolute Gasteiger partial charge is 0.495 e. The third-order valence-corrected chi connectivity index (χ3v) is 3.38. The molecule has 6 heteroatoms. The smallest absolute Gasteiger partial charge is 0.247 e. The first-order valence-electron chi connectivity index (χ1n) is 6.33. The fourth-order valence-electron chi connectivity index (χ4n) is 2.00. The van der Waals surface area contributed by atoms with E-state index >= 15 is 0 Å². The Morgan fingerprint density at radius 3 is 2.86 bits per heavy atom. The van der Waals surface area contributed by atoms with E-state index in [1.165, 1.54) is 7.11 Å². The SMILES string of the molecule is COc1ccc(Cl)cc1NC(=O)C(C)n1cccc1C=O. The summed E-state index contributed by atoms with van der Waals surface area (Å²) < 4.78 is 6.78. The average Bonchev–Trinajstić information content (AvgIpc) is 2.95. The average molecular weight is 307 g/mol. The number of benzene rings is 1. The zero-order valence-corrected chi connectivity index (χ0v) is 12.4. The van der Waals surface area contributed by atoms with Gasteiger partial charge in [0.1, 0.15) is 11.8 Å². The number of carbonyl (C=O) groups is 2. The number of hydrogen-bond donors (Lipinski definition) is 1. The number of nitrogens with one attached hydrogen (secondary N) is 1. The number of carbonyl (C=O) groups excluding carboxylic acids is 2. The van der Waals surface area contributed by atoms with Gasteiger partial charge in [0.15, 0.2) is 6.29 Å². The van der Waals surface area contributed by atoms with Crippen LogP contribution in [0.2, 0.25) is 5.02 Å². The Morgan fingerprint density at radius 1 is 1.43 bits per heavy atom. The lowest BCUT2D eigenvalue weighted by molar-refractivity contribution is -0.118. The van der Waals surface area contributed by atoms with Crippen LogP contribution < -0.4 is 10.1 Å². The van der Waals surface area contributed by atoms with Crippen LogP contribution in [0.1, 0.15) is 23.5 Å². The van der Waals surface area contributed by atoms with Gasteiger partial charge in [-0.3, -0.25) is 9.59 Å². The van der Waals surface area contributed by atoms with Gasteiger partial charge >= 0.3 is 0 Å². The first kappa shape index (κ1) is 15.1. The predicted molar refractivity (Wildman–Crippen MR) is 81.2 cm³/mol. The van der Waals surface area contributed by atoms with Crippen LogP contribution in [0.15, 0.2) is 36.5 Å².